The molecular formula is C32H33FN6O5. The normalized spacial score (nSPS) is 22.8. The van der Waals surface area contributed by atoms with Gasteiger partial charge < -0.3 is 24.5 Å². The average Bonchev–Trinajstić information content (AvgIpc) is 3.72. The SMILES string of the molecule is CCNC(=O)Nc1ncnc2c1ncn2C1CC(CCCc2c(F)cccc2C(=O)O)C2O[C@H](C=Cc3ccccc3)OC21. The van der Waals surface area contributed by atoms with Crippen LogP contribution >= 0.6 is 0 Å². The van der Waals surface area contributed by atoms with Crippen LogP contribution < -0.4 is 10.6 Å². The zero-order chi connectivity index (χ0) is 30.6. The van der Waals surface area contributed by atoms with E-state index in [1.54, 1.807) is 6.33 Å². The summed E-state index contributed by atoms with van der Waals surface area (Å²) in [6.45, 7) is 2.29. The van der Waals surface area contributed by atoms with Gasteiger partial charge in [-0.05, 0) is 62.3 Å². The molecule has 3 heterocycles. The summed E-state index contributed by atoms with van der Waals surface area (Å²) in [5, 5.41) is 15.0. The quantitative estimate of drug-likeness (QED) is 0.225. The van der Waals surface area contributed by atoms with Gasteiger partial charge in [-0.25, -0.2) is 28.9 Å². The number of carbonyl (C=O) groups excluding carboxylic acids is 1. The maximum Gasteiger partial charge on any atom is 0.336 e. The number of aromatic carboxylic acids is 1. The molecule has 1 aliphatic heterocycles. The van der Waals surface area contributed by atoms with E-state index in [4.69, 9.17) is 9.47 Å². The van der Waals surface area contributed by atoms with Crippen molar-refractivity contribution in [2.45, 2.75) is 57.1 Å². The Hall–Kier alpha value is -4.68. The lowest BCUT2D eigenvalue weighted by atomic mass is 9.94. The van der Waals surface area contributed by atoms with E-state index in [-0.39, 0.29) is 41.3 Å². The monoisotopic (exact) mass is 600 g/mol. The molecule has 12 heteroatoms. The third kappa shape index (κ3) is 6.03. The summed E-state index contributed by atoms with van der Waals surface area (Å²) >= 11 is 0. The third-order valence-electron chi connectivity index (χ3n) is 8.18. The molecule has 5 atom stereocenters. The number of carbonyl (C=O) groups is 2. The lowest BCUT2D eigenvalue weighted by Crippen LogP contribution is -2.28. The summed E-state index contributed by atoms with van der Waals surface area (Å²) in [6, 6.07) is 13.4. The van der Waals surface area contributed by atoms with Crippen molar-refractivity contribution in [2.24, 2.45) is 5.92 Å². The molecule has 3 N–H and O–H groups in total. The second kappa shape index (κ2) is 12.9. The molecule has 2 aromatic heterocycles. The van der Waals surface area contributed by atoms with E-state index in [1.165, 1.54) is 24.5 Å². The molecular weight excluding hydrogens is 567 g/mol. The summed E-state index contributed by atoms with van der Waals surface area (Å²) in [4.78, 5) is 37.1. The highest BCUT2D eigenvalue weighted by Crippen LogP contribution is 2.47. The van der Waals surface area contributed by atoms with E-state index in [9.17, 15) is 19.1 Å². The zero-order valence-corrected chi connectivity index (χ0v) is 24.1. The fourth-order valence-electron chi connectivity index (χ4n) is 6.22. The molecule has 0 spiro atoms. The standard InChI is InChI=1S/C32H33FN6O5/c1-2-34-32(42)38-29-26-30(36-17-35-29)39(18-37-26)24-16-20(10-6-11-21-22(31(40)41)12-7-13-23(21)33)27-28(24)44-25(43-27)15-14-19-8-4-3-5-9-19/h3-5,7-9,12-15,17-18,20,24-25,27-28H,2,6,10-11,16H2,1H3,(H,40,41)(H2,34,35,36,38,42)/t20?,24?,25-,27?,28?/m0/s1. The van der Waals surface area contributed by atoms with Crippen LogP contribution in [0.4, 0.5) is 15.0 Å². The van der Waals surface area contributed by atoms with Crippen molar-refractivity contribution in [2.75, 3.05) is 11.9 Å². The minimum Gasteiger partial charge on any atom is -0.478 e. The van der Waals surface area contributed by atoms with Gasteiger partial charge in [0.25, 0.3) is 0 Å². The van der Waals surface area contributed by atoms with E-state index < -0.39 is 18.1 Å². The molecule has 2 aromatic carbocycles. The predicted molar refractivity (Wildman–Crippen MR) is 160 cm³/mol. The largest absolute Gasteiger partial charge is 0.478 e. The number of nitrogens with one attached hydrogen (secondary N) is 2. The van der Waals surface area contributed by atoms with Crippen LogP contribution in [-0.4, -0.2) is 61.7 Å². The number of carboxylic acids is 1. The third-order valence-corrected chi connectivity index (χ3v) is 8.18. The van der Waals surface area contributed by atoms with Crippen molar-refractivity contribution >= 4 is 35.1 Å². The Kier molecular flexibility index (Phi) is 8.62. The van der Waals surface area contributed by atoms with E-state index in [0.717, 1.165) is 5.56 Å². The first-order valence-corrected chi connectivity index (χ1v) is 14.7. The number of amides is 2. The molecule has 1 aliphatic carbocycles. The fraction of sp³-hybridized carbons (Fsp3) is 0.344. The molecule has 228 valence electrons. The Morgan fingerprint density at radius 3 is 2.70 bits per heavy atom. The van der Waals surface area contributed by atoms with Gasteiger partial charge in [-0.2, -0.15) is 0 Å². The Labute approximate surface area is 253 Å². The van der Waals surface area contributed by atoms with Crippen LogP contribution in [0.5, 0.6) is 0 Å². The summed E-state index contributed by atoms with van der Waals surface area (Å²) in [5.74, 6) is -1.30. The van der Waals surface area contributed by atoms with Gasteiger partial charge in [0.2, 0.25) is 0 Å². The highest BCUT2D eigenvalue weighted by atomic mass is 19.1. The zero-order valence-electron chi connectivity index (χ0n) is 24.1. The maximum absolute atomic E-state index is 14.6. The van der Waals surface area contributed by atoms with E-state index >= 15 is 0 Å². The number of fused-ring (bicyclic) bond motifs is 2. The molecule has 44 heavy (non-hydrogen) atoms. The Bertz CT molecular complexity index is 1680. The molecule has 1 saturated carbocycles. The van der Waals surface area contributed by atoms with Gasteiger partial charge in [-0.1, -0.05) is 42.5 Å². The molecule has 6 rings (SSSR count). The van der Waals surface area contributed by atoms with E-state index in [1.807, 2.05) is 54.0 Å². The van der Waals surface area contributed by atoms with Crippen molar-refractivity contribution in [3.63, 3.8) is 0 Å². The fourth-order valence-corrected chi connectivity index (χ4v) is 6.22. The van der Waals surface area contributed by atoms with Crippen LogP contribution in [0.3, 0.4) is 0 Å². The molecule has 2 fully saturated rings. The van der Waals surface area contributed by atoms with Gasteiger partial charge in [0.1, 0.15) is 18.2 Å². The number of imidazole rings is 1. The number of ether oxygens (including phenoxy) is 2. The second-order valence-corrected chi connectivity index (χ2v) is 10.9. The summed E-state index contributed by atoms with van der Waals surface area (Å²) < 4.78 is 29.4. The van der Waals surface area contributed by atoms with Crippen molar-refractivity contribution in [3.8, 4) is 0 Å². The summed E-state index contributed by atoms with van der Waals surface area (Å²) in [5.41, 5.74) is 2.23. The number of hydrogen-bond acceptors (Lipinski definition) is 7. The van der Waals surface area contributed by atoms with Crippen molar-refractivity contribution in [3.05, 3.63) is 89.8 Å². The van der Waals surface area contributed by atoms with Crippen LogP contribution in [-0.2, 0) is 15.9 Å². The number of urea groups is 1. The van der Waals surface area contributed by atoms with Crippen LogP contribution in [0.25, 0.3) is 17.2 Å². The lowest BCUT2D eigenvalue weighted by molar-refractivity contribution is -0.0507. The molecule has 11 nitrogen and oxygen atoms in total. The average molecular weight is 601 g/mol. The molecule has 4 aromatic rings. The van der Waals surface area contributed by atoms with Gasteiger partial charge in [0, 0.05) is 12.1 Å². The summed E-state index contributed by atoms with van der Waals surface area (Å²) in [6.07, 6.45) is 8.00. The van der Waals surface area contributed by atoms with Crippen LogP contribution in [0.15, 0.2) is 67.3 Å². The van der Waals surface area contributed by atoms with Gasteiger partial charge in [-0.3, -0.25) is 5.32 Å². The molecule has 2 aliphatic rings. The smallest absolute Gasteiger partial charge is 0.336 e. The number of aromatic nitrogens is 4. The highest BCUT2D eigenvalue weighted by Gasteiger charge is 2.51. The minimum absolute atomic E-state index is 0.0136. The predicted octanol–water partition coefficient (Wildman–Crippen LogP) is 5.21. The number of nitrogens with zero attached hydrogens (tertiary/aromatic N) is 4. The molecule has 4 unspecified atom stereocenters. The minimum atomic E-state index is -1.14. The maximum atomic E-state index is 14.6. The first-order chi connectivity index (χ1) is 21.4. The van der Waals surface area contributed by atoms with Gasteiger partial charge in [0.05, 0.1) is 24.0 Å². The Balaban J connectivity index is 1.25. The van der Waals surface area contributed by atoms with Gasteiger partial charge in [0.15, 0.2) is 23.3 Å². The van der Waals surface area contributed by atoms with Gasteiger partial charge >= 0.3 is 12.0 Å². The van der Waals surface area contributed by atoms with Crippen molar-refractivity contribution < 1.29 is 28.6 Å². The molecule has 0 radical (unpaired) electrons. The molecule has 0 bridgehead atoms. The van der Waals surface area contributed by atoms with Crippen molar-refractivity contribution in [1.82, 2.24) is 24.8 Å². The number of anilines is 1. The molecule has 1 saturated heterocycles. The topological polar surface area (TPSA) is 140 Å². The number of hydrogen-bond donors (Lipinski definition) is 3. The summed E-state index contributed by atoms with van der Waals surface area (Å²) in [7, 11) is 0. The lowest BCUT2D eigenvalue weighted by Gasteiger charge is -2.19. The van der Waals surface area contributed by atoms with Gasteiger partial charge in [-0.15, -0.1) is 0 Å². The number of carboxylic acid groups (broad SMARTS) is 1. The number of benzene rings is 2. The first-order valence-electron chi connectivity index (χ1n) is 14.7. The first kappa shape index (κ1) is 29.4. The van der Waals surface area contributed by atoms with Crippen LogP contribution in [0.2, 0.25) is 0 Å². The highest BCUT2D eigenvalue weighted by molar-refractivity contribution is 5.95. The van der Waals surface area contributed by atoms with Crippen molar-refractivity contribution in [1.29, 1.82) is 0 Å². The van der Waals surface area contributed by atoms with E-state index in [2.05, 4.69) is 25.6 Å². The number of halogens is 1. The van der Waals surface area contributed by atoms with E-state index in [0.29, 0.717) is 49.2 Å². The Morgan fingerprint density at radius 1 is 1.09 bits per heavy atom. The van der Waals surface area contributed by atoms with Crippen LogP contribution in [0, 0.1) is 11.7 Å². The number of rotatable bonds is 10. The second-order valence-electron chi connectivity index (χ2n) is 10.9. The van der Waals surface area contributed by atoms with Crippen LogP contribution in [0.1, 0.15) is 53.7 Å². The molecule has 2 amide bonds. The Morgan fingerprint density at radius 2 is 1.91 bits per heavy atom.